The average molecular weight is 622 g/mol. The highest BCUT2D eigenvalue weighted by Crippen LogP contribution is 2.28. The van der Waals surface area contributed by atoms with Gasteiger partial charge < -0.3 is 10.2 Å². The number of hydrogen-bond donors (Lipinski definition) is 1. The van der Waals surface area contributed by atoms with Crippen molar-refractivity contribution in [3.63, 3.8) is 0 Å². The summed E-state index contributed by atoms with van der Waals surface area (Å²) >= 11 is 12.4. The minimum absolute atomic E-state index is 0.0901. The van der Waals surface area contributed by atoms with Crippen LogP contribution in [0.5, 0.6) is 0 Å². The van der Waals surface area contributed by atoms with Gasteiger partial charge >= 0.3 is 0 Å². The zero-order valence-corrected chi connectivity index (χ0v) is 25.2. The van der Waals surface area contributed by atoms with Crippen LogP contribution in [0.4, 0.5) is 11.4 Å². The lowest BCUT2D eigenvalue weighted by Crippen LogP contribution is -2.54. The van der Waals surface area contributed by atoms with Gasteiger partial charge in [0.15, 0.2) is 0 Å². The Kier molecular flexibility index (Phi) is 10.0. The van der Waals surface area contributed by atoms with Crippen LogP contribution in [0, 0.1) is 10.1 Å². The van der Waals surface area contributed by atoms with Crippen molar-refractivity contribution in [2.45, 2.75) is 50.7 Å². The van der Waals surface area contributed by atoms with E-state index in [-0.39, 0.29) is 27.8 Å². The second-order valence-electron chi connectivity index (χ2n) is 10.3. The summed E-state index contributed by atoms with van der Waals surface area (Å²) in [5.41, 5.74) is -0.574. The van der Waals surface area contributed by atoms with Gasteiger partial charge in [0.05, 0.1) is 15.5 Å². The van der Waals surface area contributed by atoms with Crippen molar-refractivity contribution in [3.8, 4) is 0 Å². The highest BCUT2D eigenvalue weighted by molar-refractivity contribution is 7.92. The van der Waals surface area contributed by atoms with Gasteiger partial charge in [-0.15, -0.1) is 0 Å². The van der Waals surface area contributed by atoms with Gasteiger partial charge in [-0.1, -0.05) is 53.5 Å². The SMILES string of the molecule is C[C@@H](C(=O)NC(C)(C)C)N(Cc1ccc(Cl)cc1Cl)C(=O)CN(c1cccc([N+](=O)[O-])c1)S(=O)(=O)c1ccccc1. The number of nitro groups is 1. The molecule has 41 heavy (non-hydrogen) atoms. The number of nitro benzene ring substituents is 1. The fourth-order valence-electron chi connectivity index (χ4n) is 3.90. The van der Waals surface area contributed by atoms with Crippen molar-refractivity contribution in [1.82, 2.24) is 10.2 Å². The van der Waals surface area contributed by atoms with Crippen LogP contribution in [-0.2, 0) is 26.2 Å². The Morgan fingerprint density at radius 2 is 1.66 bits per heavy atom. The zero-order valence-electron chi connectivity index (χ0n) is 22.9. The molecule has 0 spiro atoms. The number of amides is 2. The number of anilines is 1. The van der Waals surface area contributed by atoms with Gasteiger partial charge in [0, 0.05) is 34.3 Å². The molecule has 0 aromatic heterocycles. The molecule has 1 atom stereocenters. The molecule has 0 aliphatic rings. The Morgan fingerprint density at radius 3 is 2.24 bits per heavy atom. The lowest BCUT2D eigenvalue weighted by molar-refractivity contribution is -0.384. The molecular formula is C28H30Cl2N4O6S. The molecule has 218 valence electrons. The predicted molar refractivity (Wildman–Crippen MR) is 158 cm³/mol. The quantitative estimate of drug-likeness (QED) is 0.238. The maximum Gasteiger partial charge on any atom is 0.271 e. The van der Waals surface area contributed by atoms with Crippen LogP contribution < -0.4 is 9.62 Å². The van der Waals surface area contributed by atoms with Gasteiger partial charge in [0.25, 0.3) is 15.7 Å². The molecule has 1 N–H and O–H groups in total. The molecule has 0 heterocycles. The Bertz CT molecular complexity index is 1540. The highest BCUT2D eigenvalue weighted by atomic mass is 35.5. The third-order valence-electron chi connectivity index (χ3n) is 5.96. The van der Waals surface area contributed by atoms with Crippen molar-refractivity contribution in [3.05, 3.63) is 98.5 Å². The molecule has 0 saturated carbocycles. The van der Waals surface area contributed by atoms with Gasteiger partial charge in [0.2, 0.25) is 11.8 Å². The molecule has 3 aromatic rings. The summed E-state index contributed by atoms with van der Waals surface area (Å²) < 4.78 is 28.4. The maximum atomic E-state index is 14.0. The topological polar surface area (TPSA) is 130 Å². The first-order valence-corrected chi connectivity index (χ1v) is 14.7. The molecule has 0 bridgehead atoms. The number of carbonyl (C=O) groups excluding carboxylic acids is 2. The van der Waals surface area contributed by atoms with E-state index in [1.165, 1.54) is 60.4 Å². The van der Waals surface area contributed by atoms with E-state index in [0.29, 0.717) is 10.6 Å². The first-order valence-electron chi connectivity index (χ1n) is 12.5. The predicted octanol–water partition coefficient (Wildman–Crippen LogP) is 5.43. The summed E-state index contributed by atoms with van der Waals surface area (Å²) in [4.78, 5) is 39.0. The Labute approximate surface area is 249 Å². The molecular weight excluding hydrogens is 591 g/mol. The van der Waals surface area contributed by atoms with Crippen molar-refractivity contribution in [1.29, 1.82) is 0 Å². The number of rotatable bonds is 10. The molecule has 13 heteroatoms. The zero-order chi connectivity index (χ0) is 30.5. The number of halogens is 2. The van der Waals surface area contributed by atoms with E-state index in [1.54, 1.807) is 39.0 Å². The van der Waals surface area contributed by atoms with E-state index >= 15 is 0 Å². The molecule has 0 radical (unpaired) electrons. The summed E-state index contributed by atoms with van der Waals surface area (Å²) in [7, 11) is -4.37. The summed E-state index contributed by atoms with van der Waals surface area (Å²) in [5.74, 6) is -1.21. The largest absolute Gasteiger partial charge is 0.350 e. The van der Waals surface area contributed by atoms with Gasteiger partial charge in [0.1, 0.15) is 12.6 Å². The van der Waals surface area contributed by atoms with Crippen LogP contribution in [0.3, 0.4) is 0 Å². The third kappa shape index (κ3) is 8.18. The van der Waals surface area contributed by atoms with E-state index in [0.717, 1.165) is 10.4 Å². The number of sulfonamides is 1. The molecule has 3 aromatic carbocycles. The van der Waals surface area contributed by atoms with Gasteiger partial charge in [-0.2, -0.15) is 0 Å². The van der Waals surface area contributed by atoms with Crippen LogP contribution in [0.2, 0.25) is 10.0 Å². The second-order valence-corrected chi connectivity index (χ2v) is 13.0. The molecule has 3 rings (SSSR count). The summed E-state index contributed by atoms with van der Waals surface area (Å²) in [5, 5.41) is 14.9. The summed E-state index contributed by atoms with van der Waals surface area (Å²) in [6.07, 6.45) is 0. The molecule has 0 aliphatic heterocycles. The molecule has 2 amide bonds. The van der Waals surface area contributed by atoms with Crippen LogP contribution >= 0.6 is 23.2 Å². The Hall–Kier alpha value is -3.67. The van der Waals surface area contributed by atoms with Crippen LogP contribution in [0.1, 0.15) is 33.3 Å². The Morgan fingerprint density at radius 1 is 1.00 bits per heavy atom. The Balaban J connectivity index is 2.09. The maximum absolute atomic E-state index is 14.0. The average Bonchev–Trinajstić information content (AvgIpc) is 2.90. The number of hydrogen-bond acceptors (Lipinski definition) is 6. The van der Waals surface area contributed by atoms with Crippen molar-refractivity contribution in [2.75, 3.05) is 10.8 Å². The fourth-order valence-corrected chi connectivity index (χ4v) is 5.80. The van der Waals surface area contributed by atoms with Crippen molar-refractivity contribution >= 4 is 56.4 Å². The van der Waals surface area contributed by atoms with Crippen molar-refractivity contribution < 1.29 is 22.9 Å². The summed E-state index contributed by atoms with van der Waals surface area (Å²) in [6, 6.07) is 16.0. The number of carbonyl (C=O) groups is 2. The van der Waals surface area contributed by atoms with E-state index in [1.807, 2.05) is 0 Å². The summed E-state index contributed by atoms with van der Waals surface area (Å²) in [6.45, 7) is 5.99. The van der Waals surface area contributed by atoms with Gasteiger partial charge in [-0.3, -0.25) is 24.0 Å². The van der Waals surface area contributed by atoms with E-state index in [9.17, 15) is 28.1 Å². The lowest BCUT2D eigenvalue weighted by atomic mass is 10.1. The molecule has 0 aliphatic carbocycles. The van der Waals surface area contributed by atoms with E-state index < -0.39 is 44.9 Å². The fraction of sp³-hybridized carbons (Fsp3) is 0.286. The molecule has 10 nitrogen and oxygen atoms in total. The number of nitrogens with zero attached hydrogens (tertiary/aromatic N) is 3. The second kappa shape index (κ2) is 12.9. The first-order chi connectivity index (χ1) is 19.1. The van der Waals surface area contributed by atoms with Gasteiger partial charge in [-0.25, -0.2) is 8.42 Å². The minimum Gasteiger partial charge on any atom is -0.350 e. The number of benzene rings is 3. The molecule has 0 unspecified atom stereocenters. The monoisotopic (exact) mass is 620 g/mol. The molecule has 0 saturated heterocycles. The normalized spacial score (nSPS) is 12.3. The van der Waals surface area contributed by atoms with Crippen LogP contribution in [0.25, 0.3) is 0 Å². The van der Waals surface area contributed by atoms with E-state index in [2.05, 4.69) is 5.32 Å². The van der Waals surface area contributed by atoms with E-state index in [4.69, 9.17) is 23.2 Å². The highest BCUT2D eigenvalue weighted by Gasteiger charge is 2.34. The minimum atomic E-state index is -4.37. The smallest absolute Gasteiger partial charge is 0.271 e. The van der Waals surface area contributed by atoms with Crippen LogP contribution in [0.15, 0.2) is 77.7 Å². The van der Waals surface area contributed by atoms with Crippen LogP contribution in [-0.4, -0.2) is 48.2 Å². The lowest BCUT2D eigenvalue weighted by Gasteiger charge is -2.33. The van der Waals surface area contributed by atoms with Gasteiger partial charge in [-0.05, 0) is 63.6 Å². The number of nitrogens with one attached hydrogen (secondary N) is 1. The standard InChI is InChI=1S/C28H30Cl2N4O6S/c1-19(27(36)31-28(2,3)4)32(17-20-13-14-21(29)15-25(20)30)26(35)18-33(22-9-8-10-23(16-22)34(37)38)41(39,40)24-11-6-5-7-12-24/h5-16,19H,17-18H2,1-4H3,(H,31,36)/t19-/m0/s1. The molecule has 0 fully saturated rings. The third-order valence-corrected chi connectivity index (χ3v) is 8.33. The number of non-ortho nitro benzene ring substituents is 1. The first kappa shape index (κ1) is 31.9. The van der Waals surface area contributed by atoms with Crippen molar-refractivity contribution in [2.24, 2.45) is 0 Å².